The van der Waals surface area contributed by atoms with Crippen molar-refractivity contribution in [1.29, 1.82) is 0 Å². The number of thiazole rings is 1. The number of nitrogens with two attached hydrogens (primary N) is 1. The molecule has 0 unspecified atom stereocenters. The predicted molar refractivity (Wildman–Crippen MR) is 74.1 cm³/mol. The first-order chi connectivity index (χ1) is 9.19. The summed E-state index contributed by atoms with van der Waals surface area (Å²) >= 11 is 1.60. The minimum absolute atomic E-state index is 0.604. The lowest BCUT2D eigenvalue weighted by Gasteiger charge is -2.02. The van der Waals surface area contributed by atoms with Crippen molar-refractivity contribution in [2.24, 2.45) is 5.73 Å². The van der Waals surface area contributed by atoms with Gasteiger partial charge in [0.05, 0.1) is 5.01 Å². The highest BCUT2D eigenvalue weighted by Gasteiger charge is 2.14. The Balaban J connectivity index is 2.14. The SMILES string of the molecule is Cc1cc(C)n2c(-c3csc(CCN)n3)nnc2n1. The molecule has 3 aromatic rings. The summed E-state index contributed by atoms with van der Waals surface area (Å²) in [5.41, 5.74) is 8.36. The third-order valence-electron chi connectivity index (χ3n) is 2.83. The normalized spacial score (nSPS) is 11.3. The van der Waals surface area contributed by atoms with Crippen LogP contribution in [0.1, 0.15) is 16.4 Å². The van der Waals surface area contributed by atoms with Crippen molar-refractivity contribution in [3.63, 3.8) is 0 Å². The Morgan fingerprint density at radius 1 is 1.26 bits per heavy atom. The molecule has 3 rings (SSSR count). The minimum atomic E-state index is 0.604. The summed E-state index contributed by atoms with van der Waals surface area (Å²) in [6.07, 6.45) is 0.789. The fraction of sp³-hybridized carbons (Fsp3) is 0.333. The minimum Gasteiger partial charge on any atom is -0.330 e. The van der Waals surface area contributed by atoms with E-state index in [2.05, 4.69) is 20.2 Å². The first-order valence-corrected chi connectivity index (χ1v) is 6.91. The van der Waals surface area contributed by atoms with E-state index >= 15 is 0 Å². The van der Waals surface area contributed by atoms with Gasteiger partial charge in [0.2, 0.25) is 0 Å². The van der Waals surface area contributed by atoms with Crippen LogP contribution in [0.4, 0.5) is 0 Å². The molecule has 0 aromatic carbocycles. The molecule has 0 amide bonds. The lowest BCUT2D eigenvalue weighted by Crippen LogP contribution is -2.02. The topological polar surface area (TPSA) is 82.0 Å². The van der Waals surface area contributed by atoms with E-state index in [1.165, 1.54) is 0 Å². The molecule has 0 aliphatic rings. The number of rotatable bonds is 3. The quantitative estimate of drug-likeness (QED) is 0.780. The summed E-state index contributed by atoms with van der Waals surface area (Å²) < 4.78 is 1.92. The molecule has 0 aliphatic heterocycles. The maximum atomic E-state index is 5.54. The van der Waals surface area contributed by atoms with Gasteiger partial charge in [-0.05, 0) is 26.5 Å². The molecule has 19 heavy (non-hydrogen) atoms. The smallest absolute Gasteiger partial charge is 0.255 e. The maximum absolute atomic E-state index is 5.54. The van der Waals surface area contributed by atoms with Crippen molar-refractivity contribution >= 4 is 17.1 Å². The molecule has 0 atom stereocenters. The number of nitrogens with zero attached hydrogens (tertiary/aromatic N) is 5. The van der Waals surface area contributed by atoms with E-state index in [1.807, 2.05) is 29.7 Å². The monoisotopic (exact) mass is 274 g/mol. The highest BCUT2D eigenvalue weighted by Crippen LogP contribution is 2.22. The molecular weight excluding hydrogens is 260 g/mol. The van der Waals surface area contributed by atoms with Crippen molar-refractivity contribution in [2.45, 2.75) is 20.3 Å². The van der Waals surface area contributed by atoms with E-state index in [1.54, 1.807) is 11.3 Å². The molecule has 0 saturated heterocycles. The van der Waals surface area contributed by atoms with Crippen molar-refractivity contribution < 1.29 is 0 Å². The van der Waals surface area contributed by atoms with E-state index < -0.39 is 0 Å². The number of hydrogen-bond donors (Lipinski definition) is 1. The van der Waals surface area contributed by atoms with Crippen LogP contribution < -0.4 is 5.73 Å². The van der Waals surface area contributed by atoms with Gasteiger partial charge in [-0.2, -0.15) is 0 Å². The Morgan fingerprint density at radius 2 is 2.11 bits per heavy atom. The molecule has 3 heterocycles. The van der Waals surface area contributed by atoms with Gasteiger partial charge in [-0.3, -0.25) is 4.40 Å². The number of aryl methyl sites for hydroxylation is 2. The molecule has 0 aliphatic carbocycles. The van der Waals surface area contributed by atoms with E-state index in [9.17, 15) is 0 Å². The third-order valence-corrected chi connectivity index (χ3v) is 3.74. The van der Waals surface area contributed by atoms with Crippen molar-refractivity contribution in [3.8, 4) is 11.5 Å². The van der Waals surface area contributed by atoms with Gasteiger partial charge in [0.15, 0.2) is 5.82 Å². The lowest BCUT2D eigenvalue weighted by molar-refractivity contribution is 0.948. The summed E-state index contributed by atoms with van der Waals surface area (Å²) in [6, 6.07) is 2.01. The Kier molecular flexibility index (Phi) is 3.00. The number of aromatic nitrogens is 5. The van der Waals surface area contributed by atoms with Crippen molar-refractivity contribution in [3.05, 3.63) is 27.8 Å². The van der Waals surface area contributed by atoms with E-state index in [0.29, 0.717) is 12.3 Å². The van der Waals surface area contributed by atoms with Gasteiger partial charge in [-0.15, -0.1) is 21.5 Å². The van der Waals surface area contributed by atoms with Crippen molar-refractivity contribution in [1.82, 2.24) is 24.6 Å². The second kappa shape index (κ2) is 4.67. The Hall–Kier alpha value is -1.86. The summed E-state index contributed by atoms with van der Waals surface area (Å²) in [4.78, 5) is 8.91. The second-order valence-corrected chi connectivity index (χ2v) is 5.31. The summed E-state index contributed by atoms with van der Waals surface area (Å²) in [5, 5.41) is 11.3. The van der Waals surface area contributed by atoms with Gasteiger partial charge in [0.1, 0.15) is 5.69 Å². The Bertz CT molecular complexity index is 729. The van der Waals surface area contributed by atoms with E-state index in [-0.39, 0.29) is 0 Å². The molecule has 98 valence electrons. The number of fused-ring (bicyclic) bond motifs is 1. The Morgan fingerprint density at radius 3 is 2.89 bits per heavy atom. The molecule has 0 bridgehead atoms. The van der Waals surface area contributed by atoms with Crippen LogP contribution in [0.3, 0.4) is 0 Å². The van der Waals surface area contributed by atoms with Crippen LogP contribution in [-0.4, -0.2) is 31.1 Å². The van der Waals surface area contributed by atoms with Crippen LogP contribution in [0, 0.1) is 13.8 Å². The summed E-state index contributed by atoms with van der Waals surface area (Å²) in [7, 11) is 0. The fourth-order valence-corrected chi connectivity index (χ4v) is 2.84. The third kappa shape index (κ3) is 2.11. The molecule has 0 radical (unpaired) electrons. The summed E-state index contributed by atoms with van der Waals surface area (Å²) in [6.45, 7) is 4.57. The van der Waals surface area contributed by atoms with E-state index in [0.717, 1.165) is 34.3 Å². The van der Waals surface area contributed by atoms with Gasteiger partial charge < -0.3 is 5.73 Å². The van der Waals surface area contributed by atoms with Crippen LogP contribution in [-0.2, 0) is 6.42 Å². The van der Waals surface area contributed by atoms with Gasteiger partial charge in [-0.25, -0.2) is 9.97 Å². The molecule has 7 heteroatoms. The highest BCUT2D eigenvalue weighted by molar-refractivity contribution is 7.09. The fourth-order valence-electron chi connectivity index (χ4n) is 2.05. The first-order valence-electron chi connectivity index (χ1n) is 6.03. The van der Waals surface area contributed by atoms with Crippen LogP contribution in [0.2, 0.25) is 0 Å². The largest absolute Gasteiger partial charge is 0.330 e. The zero-order chi connectivity index (χ0) is 13.4. The van der Waals surface area contributed by atoms with Crippen molar-refractivity contribution in [2.75, 3.05) is 6.54 Å². The van der Waals surface area contributed by atoms with Crippen LogP contribution >= 0.6 is 11.3 Å². The van der Waals surface area contributed by atoms with E-state index in [4.69, 9.17) is 5.73 Å². The molecule has 0 spiro atoms. The molecule has 0 saturated carbocycles. The van der Waals surface area contributed by atoms with Gasteiger partial charge in [-0.1, -0.05) is 0 Å². The molecule has 3 aromatic heterocycles. The van der Waals surface area contributed by atoms with Crippen LogP contribution in [0.25, 0.3) is 17.3 Å². The molecular formula is C12H14N6S. The highest BCUT2D eigenvalue weighted by atomic mass is 32.1. The average molecular weight is 274 g/mol. The van der Waals surface area contributed by atoms with Crippen LogP contribution in [0.5, 0.6) is 0 Å². The Labute approximate surface area is 114 Å². The molecule has 0 fully saturated rings. The van der Waals surface area contributed by atoms with Gasteiger partial charge in [0, 0.05) is 23.2 Å². The zero-order valence-electron chi connectivity index (χ0n) is 10.8. The zero-order valence-corrected chi connectivity index (χ0v) is 11.6. The maximum Gasteiger partial charge on any atom is 0.255 e. The average Bonchev–Trinajstić information content (AvgIpc) is 2.95. The van der Waals surface area contributed by atoms with Crippen LogP contribution in [0.15, 0.2) is 11.4 Å². The molecule has 2 N–H and O–H groups in total. The second-order valence-electron chi connectivity index (χ2n) is 4.36. The standard InChI is InChI=1S/C12H14N6S/c1-7-5-8(2)18-11(16-17-12(18)14-7)9-6-19-10(15-9)3-4-13/h5-6H,3-4,13H2,1-2H3. The van der Waals surface area contributed by atoms with Gasteiger partial charge in [0.25, 0.3) is 5.78 Å². The first kappa shape index (κ1) is 12.2. The predicted octanol–water partition coefficient (Wildman–Crippen LogP) is 1.37. The lowest BCUT2D eigenvalue weighted by atomic mass is 10.3. The number of hydrogen-bond acceptors (Lipinski definition) is 6. The van der Waals surface area contributed by atoms with Gasteiger partial charge >= 0.3 is 0 Å². The summed E-state index contributed by atoms with van der Waals surface area (Å²) in [5.74, 6) is 1.35. The molecule has 6 nitrogen and oxygen atoms in total.